The third-order valence-corrected chi connectivity index (χ3v) is 9.00. The molecule has 1 N–H and O–H groups in total. The van der Waals surface area contributed by atoms with Gasteiger partial charge in [-0.15, -0.1) is 10.2 Å². The Morgan fingerprint density at radius 2 is 1.62 bits per heavy atom. The number of aromatic nitrogens is 4. The van der Waals surface area contributed by atoms with Crippen molar-refractivity contribution in [3.05, 3.63) is 34.8 Å². The highest BCUT2D eigenvalue weighted by atomic mass is 35.5. The Hall–Kier alpha value is -2.42. The van der Waals surface area contributed by atoms with Crippen molar-refractivity contribution >= 4 is 23.4 Å². The summed E-state index contributed by atoms with van der Waals surface area (Å²) in [6.07, 6.45) is 8.06. The van der Waals surface area contributed by atoms with Crippen LogP contribution in [0.1, 0.15) is 62.0 Å². The van der Waals surface area contributed by atoms with Crippen LogP contribution in [0.2, 0.25) is 5.02 Å². The average molecular weight is 486 g/mol. The van der Waals surface area contributed by atoms with Gasteiger partial charge in [-0.2, -0.15) is 0 Å². The number of piperidine rings is 1. The fourth-order valence-electron chi connectivity index (χ4n) is 6.60. The second-order valence-electron chi connectivity index (χ2n) is 11.4. The first-order chi connectivity index (χ1) is 16.4. The number of aromatic amines is 1. The Labute approximate surface area is 202 Å². The predicted octanol–water partition coefficient (Wildman–Crippen LogP) is 3.77. The van der Waals surface area contributed by atoms with E-state index in [1.165, 1.54) is 25.1 Å². The van der Waals surface area contributed by atoms with E-state index < -0.39 is 0 Å². The molecule has 5 aliphatic rings. The van der Waals surface area contributed by atoms with Gasteiger partial charge in [0, 0.05) is 68.1 Å². The lowest BCUT2D eigenvalue weighted by molar-refractivity contribution is -0.0738. The molecule has 0 radical (unpaired) electrons. The van der Waals surface area contributed by atoms with Crippen LogP contribution in [0.4, 0.5) is 15.0 Å². The zero-order valence-corrected chi connectivity index (χ0v) is 19.9. The fraction of sp³-hybridized carbons (Fsp3) is 0.667. The van der Waals surface area contributed by atoms with Gasteiger partial charge in [0.2, 0.25) is 0 Å². The highest BCUT2D eigenvalue weighted by Crippen LogP contribution is 2.56. The highest BCUT2D eigenvalue weighted by molar-refractivity contribution is 6.30. The summed E-state index contributed by atoms with van der Waals surface area (Å²) in [7, 11) is 0. The number of hydrogen-bond acceptors (Lipinski definition) is 5. The van der Waals surface area contributed by atoms with Gasteiger partial charge >= 0.3 is 6.03 Å². The van der Waals surface area contributed by atoms with E-state index in [4.69, 9.17) is 11.6 Å². The number of pyridine rings is 1. The van der Waals surface area contributed by atoms with Gasteiger partial charge in [-0.3, -0.25) is 0 Å². The van der Waals surface area contributed by atoms with E-state index in [0.29, 0.717) is 22.7 Å². The van der Waals surface area contributed by atoms with E-state index in [1.54, 1.807) is 0 Å². The number of rotatable bonds is 3. The van der Waals surface area contributed by atoms with Gasteiger partial charge in [-0.05, 0) is 44.6 Å². The summed E-state index contributed by atoms with van der Waals surface area (Å²) in [5.41, 5.74) is 0.459. The minimum Gasteiger partial charge on any atom is -0.354 e. The van der Waals surface area contributed by atoms with Crippen LogP contribution in [0.5, 0.6) is 0 Å². The quantitative estimate of drug-likeness (QED) is 0.715. The molecule has 7 rings (SSSR count). The number of halogens is 2. The molecule has 2 aromatic rings. The lowest BCUT2D eigenvalue weighted by Gasteiger charge is -2.61. The molecular weight excluding hydrogens is 457 g/mol. The second-order valence-corrected chi connectivity index (χ2v) is 11.9. The van der Waals surface area contributed by atoms with Crippen LogP contribution in [-0.2, 0) is 0 Å². The standard InChI is InChI=1S/C24H29ClFN7O/c25-17-7-18(26)21(27-10-17)31-5-3-23(4-6-31)11-32(12-23)22(34)33-13-24(14-33)8-16(9-24)20-28-19(29-30-20)15-1-2-15/h7,10,15-16H,1-6,8-9,11-14H2,(H,28,29,30). The SMILES string of the molecule is O=C(N1CC2(CCN(c3ncc(Cl)cc3F)CC2)C1)N1CC2(CC(c3nnc(C4CC4)[nH]3)C2)C1. The number of nitrogens with zero attached hydrogens (tertiary/aromatic N) is 6. The Kier molecular flexibility index (Phi) is 4.48. The largest absolute Gasteiger partial charge is 0.354 e. The van der Waals surface area contributed by atoms with Crippen LogP contribution in [-0.4, -0.2) is 75.3 Å². The summed E-state index contributed by atoms with van der Waals surface area (Å²) in [5, 5.41) is 9.02. The van der Waals surface area contributed by atoms with Gasteiger partial charge in [0.15, 0.2) is 11.6 Å². The number of carbonyl (C=O) groups excluding carboxylic acids is 1. The van der Waals surface area contributed by atoms with Crippen molar-refractivity contribution < 1.29 is 9.18 Å². The van der Waals surface area contributed by atoms with Gasteiger partial charge in [-0.1, -0.05) is 11.6 Å². The van der Waals surface area contributed by atoms with E-state index in [1.807, 2.05) is 14.7 Å². The van der Waals surface area contributed by atoms with Crippen molar-refractivity contribution in [1.82, 2.24) is 30.0 Å². The molecule has 180 valence electrons. The lowest BCUT2D eigenvalue weighted by Crippen LogP contribution is -2.70. The number of carbonyl (C=O) groups is 1. The number of likely N-dealkylation sites (tertiary alicyclic amines) is 2. The molecule has 0 aromatic carbocycles. The predicted molar refractivity (Wildman–Crippen MR) is 124 cm³/mol. The molecule has 5 heterocycles. The molecule has 0 atom stereocenters. The summed E-state index contributed by atoms with van der Waals surface area (Å²) in [6.45, 7) is 4.86. The summed E-state index contributed by atoms with van der Waals surface area (Å²) < 4.78 is 14.2. The van der Waals surface area contributed by atoms with Crippen molar-refractivity contribution in [2.45, 2.75) is 50.4 Å². The summed E-state index contributed by atoms with van der Waals surface area (Å²) in [6, 6.07) is 1.50. The maximum absolute atomic E-state index is 14.2. The molecule has 0 bridgehead atoms. The minimum atomic E-state index is -0.370. The zero-order valence-electron chi connectivity index (χ0n) is 19.1. The number of hydrogen-bond donors (Lipinski definition) is 1. The Balaban J connectivity index is 0.877. The second kappa shape index (κ2) is 7.29. The molecule has 2 aliphatic carbocycles. The summed E-state index contributed by atoms with van der Waals surface area (Å²) in [5.74, 6) is 3.19. The summed E-state index contributed by atoms with van der Waals surface area (Å²) in [4.78, 5) is 26.6. The van der Waals surface area contributed by atoms with Crippen molar-refractivity contribution in [2.24, 2.45) is 10.8 Å². The molecule has 2 amide bonds. The third-order valence-electron chi connectivity index (χ3n) is 8.79. The van der Waals surface area contributed by atoms with Gasteiger partial charge in [0.25, 0.3) is 0 Å². The van der Waals surface area contributed by atoms with Crippen LogP contribution in [0, 0.1) is 16.6 Å². The normalized spacial score (nSPS) is 25.3. The number of H-pyrrole nitrogens is 1. The minimum absolute atomic E-state index is 0.171. The molecule has 2 spiro atoms. The number of amides is 2. The fourth-order valence-corrected chi connectivity index (χ4v) is 6.74. The van der Waals surface area contributed by atoms with Gasteiger partial charge in [0.1, 0.15) is 11.6 Å². The maximum atomic E-state index is 14.2. The molecule has 2 aromatic heterocycles. The van der Waals surface area contributed by atoms with Gasteiger partial charge in [0.05, 0.1) is 5.02 Å². The smallest absolute Gasteiger partial charge is 0.320 e. The highest BCUT2D eigenvalue weighted by Gasteiger charge is 2.57. The lowest BCUT2D eigenvalue weighted by atomic mass is 9.57. The van der Waals surface area contributed by atoms with Crippen molar-refractivity contribution in [2.75, 3.05) is 44.2 Å². The Bertz CT molecular complexity index is 1120. The van der Waals surface area contributed by atoms with E-state index in [9.17, 15) is 9.18 Å². The zero-order chi connectivity index (χ0) is 23.1. The molecule has 3 saturated heterocycles. The molecule has 0 unspecified atom stereocenters. The first-order valence-corrected chi connectivity index (χ1v) is 12.8. The monoisotopic (exact) mass is 485 g/mol. The molecule has 5 fully saturated rings. The Morgan fingerprint density at radius 1 is 1.00 bits per heavy atom. The van der Waals surface area contributed by atoms with Gasteiger partial charge < -0.3 is 19.7 Å². The average Bonchev–Trinajstić information content (AvgIpc) is 3.48. The van der Waals surface area contributed by atoms with Gasteiger partial charge in [-0.25, -0.2) is 14.2 Å². The topological polar surface area (TPSA) is 81.2 Å². The van der Waals surface area contributed by atoms with E-state index in [2.05, 4.69) is 20.2 Å². The molecule has 3 aliphatic heterocycles. The Morgan fingerprint density at radius 3 is 2.24 bits per heavy atom. The number of urea groups is 1. The molecule has 10 heteroatoms. The van der Waals surface area contributed by atoms with Crippen molar-refractivity contribution in [3.63, 3.8) is 0 Å². The van der Waals surface area contributed by atoms with E-state index >= 15 is 0 Å². The van der Waals surface area contributed by atoms with Crippen molar-refractivity contribution in [1.29, 1.82) is 0 Å². The van der Waals surface area contributed by atoms with Crippen LogP contribution in [0.25, 0.3) is 0 Å². The first kappa shape index (κ1) is 20.9. The van der Waals surface area contributed by atoms with Crippen LogP contribution < -0.4 is 4.90 Å². The van der Waals surface area contributed by atoms with Crippen LogP contribution in [0.15, 0.2) is 12.3 Å². The summed E-state index contributed by atoms with van der Waals surface area (Å²) >= 11 is 5.83. The molecule has 34 heavy (non-hydrogen) atoms. The number of anilines is 1. The maximum Gasteiger partial charge on any atom is 0.320 e. The molecule has 2 saturated carbocycles. The van der Waals surface area contributed by atoms with E-state index in [0.717, 1.165) is 76.6 Å². The number of nitrogens with one attached hydrogen (secondary N) is 1. The van der Waals surface area contributed by atoms with Crippen LogP contribution in [0.3, 0.4) is 0 Å². The third kappa shape index (κ3) is 3.38. The molecular formula is C24H29ClFN7O. The van der Waals surface area contributed by atoms with Crippen LogP contribution >= 0.6 is 11.6 Å². The van der Waals surface area contributed by atoms with Crippen molar-refractivity contribution in [3.8, 4) is 0 Å². The first-order valence-electron chi connectivity index (χ1n) is 12.4. The van der Waals surface area contributed by atoms with E-state index in [-0.39, 0.29) is 22.7 Å². The molecule has 8 nitrogen and oxygen atoms in total.